The lowest BCUT2D eigenvalue weighted by Crippen LogP contribution is -2.24. The molecule has 0 radical (unpaired) electrons. The summed E-state index contributed by atoms with van der Waals surface area (Å²) in [4.78, 5) is 24.1. The van der Waals surface area contributed by atoms with E-state index in [-0.39, 0.29) is 21.9 Å². The molecule has 0 spiro atoms. The Hall–Kier alpha value is -2.94. The number of hydrogen-bond donors (Lipinski definition) is 3. The molecule has 3 N–H and O–H groups in total. The number of carboxylic acid groups (broad SMARTS) is 1. The molecule has 0 fully saturated rings. The van der Waals surface area contributed by atoms with E-state index in [1.807, 2.05) is 0 Å². The fraction of sp³-hybridized carbons (Fsp3) is 0.158. The molecule has 0 aliphatic carbocycles. The number of nitrogens with one attached hydrogen (secondary N) is 1. The summed E-state index contributed by atoms with van der Waals surface area (Å²) in [6.07, 6.45) is 0. The van der Waals surface area contributed by atoms with Crippen LogP contribution in [0.25, 0.3) is 0 Å². The highest BCUT2D eigenvalue weighted by molar-refractivity contribution is 8.03. The Morgan fingerprint density at radius 3 is 2.50 bits per heavy atom. The number of thioether (sulfide) groups is 1. The van der Waals surface area contributed by atoms with Crippen molar-refractivity contribution in [2.45, 2.75) is 12.8 Å². The lowest BCUT2D eigenvalue weighted by Gasteiger charge is -2.13. The molecule has 1 amide bonds. The number of aromatic hydroxyl groups is 1. The van der Waals surface area contributed by atoms with Gasteiger partial charge in [0.1, 0.15) is 5.82 Å². The molecule has 0 saturated carbocycles. The van der Waals surface area contributed by atoms with Gasteiger partial charge in [-0.2, -0.15) is 4.39 Å². The van der Waals surface area contributed by atoms with Crippen LogP contribution in [-0.2, 0) is 4.79 Å². The van der Waals surface area contributed by atoms with Crippen LogP contribution in [-0.4, -0.2) is 27.8 Å². The first-order valence-electron chi connectivity index (χ1n) is 8.05. The third-order valence-electron chi connectivity index (χ3n) is 4.29. The molecular formula is C19H14F3NO4S. The number of rotatable bonds is 4. The summed E-state index contributed by atoms with van der Waals surface area (Å²) < 4.78 is 40.9. The third-order valence-corrected chi connectivity index (χ3v) is 5.40. The second-order valence-electron chi connectivity index (χ2n) is 6.15. The number of phenolic OH excluding ortho intramolecular Hbond substituents is 1. The van der Waals surface area contributed by atoms with Gasteiger partial charge < -0.3 is 15.5 Å². The second-order valence-corrected chi connectivity index (χ2v) is 7.18. The molecule has 5 nitrogen and oxygen atoms in total. The number of benzene rings is 2. The first-order chi connectivity index (χ1) is 13.2. The molecule has 0 bridgehead atoms. The van der Waals surface area contributed by atoms with Gasteiger partial charge in [0.05, 0.1) is 16.2 Å². The van der Waals surface area contributed by atoms with E-state index in [1.54, 1.807) is 13.0 Å². The van der Waals surface area contributed by atoms with Gasteiger partial charge in [0, 0.05) is 11.7 Å². The van der Waals surface area contributed by atoms with Crippen molar-refractivity contribution in [2.24, 2.45) is 0 Å². The SMILES string of the molecule is Cc1ccc(C2CSC(NC(=O)c3ccc(F)c(F)c3O)=C2C(=O)O)c(F)c1. The summed E-state index contributed by atoms with van der Waals surface area (Å²) in [6, 6.07) is 5.97. The van der Waals surface area contributed by atoms with Gasteiger partial charge in [0.2, 0.25) is 5.82 Å². The number of aliphatic carboxylic acids is 1. The first kappa shape index (κ1) is 19.8. The normalized spacial score (nSPS) is 16.4. The number of carbonyl (C=O) groups excluding carboxylic acids is 1. The zero-order valence-electron chi connectivity index (χ0n) is 14.4. The van der Waals surface area contributed by atoms with Gasteiger partial charge in [-0.05, 0) is 36.2 Å². The van der Waals surface area contributed by atoms with Crippen molar-refractivity contribution in [3.8, 4) is 5.75 Å². The number of carboxylic acids is 1. The van der Waals surface area contributed by atoms with E-state index < -0.39 is 46.6 Å². The largest absolute Gasteiger partial charge is 0.504 e. The van der Waals surface area contributed by atoms with Crippen LogP contribution in [0.4, 0.5) is 13.2 Å². The summed E-state index contributed by atoms with van der Waals surface area (Å²) in [6.45, 7) is 1.70. The van der Waals surface area contributed by atoms with E-state index in [0.717, 1.165) is 17.8 Å². The van der Waals surface area contributed by atoms with E-state index in [2.05, 4.69) is 5.32 Å². The van der Waals surface area contributed by atoms with Crippen LogP contribution in [0.5, 0.6) is 5.75 Å². The van der Waals surface area contributed by atoms with Crippen LogP contribution in [0.15, 0.2) is 40.9 Å². The highest BCUT2D eigenvalue weighted by Crippen LogP contribution is 2.42. The minimum Gasteiger partial charge on any atom is -0.504 e. The van der Waals surface area contributed by atoms with E-state index in [1.165, 1.54) is 12.1 Å². The topological polar surface area (TPSA) is 86.6 Å². The quantitative estimate of drug-likeness (QED) is 0.717. The molecular weight excluding hydrogens is 395 g/mol. The summed E-state index contributed by atoms with van der Waals surface area (Å²) >= 11 is 0.982. The molecule has 1 heterocycles. The summed E-state index contributed by atoms with van der Waals surface area (Å²) in [7, 11) is 0. The van der Waals surface area contributed by atoms with Crippen molar-refractivity contribution in [1.82, 2.24) is 5.32 Å². The fourth-order valence-electron chi connectivity index (χ4n) is 2.89. The Bertz CT molecular complexity index is 1020. The van der Waals surface area contributed by atoms with Crippen LogP contribution in [0.1, 0.15) is 27.4 Å². The van der Waals surface area contributed by atoms with E-state index in [4.69, 9.17) is 0 Å². The summed E-state index contributed by atoms with van der Waals surface area (Å²) in [5, 5.41) is 21.4. The minimum absolute atomic E-state index is 0.0494. The molecule has 28 heavy (non-hydrogen) atoms. The Balaban J connectivity index is 1.96. The van der Waals surface area contributed by atoms with Gasteiger partial charge >= 0.3 is 5.97 Å². The summed E-state index contributed by atoms with van der Waals surface area (Å²) in [5.41, 5.74) is 0.0791. The third kappa shape index (κ3) is 3.57. The van der Waals surface area contributed by atoms with Crippen molar-refractivity contribution >= 4 is 23.6 Å². The van der Waals surface area contributed by atoms with Gasteiger partial charge in [-0.25, -0.2) is 13.6 Å². The molecule has 146 valence electrons. The lowest BCUT2D eigenvalue weighted by molar-refractivity contribution is -0.132. The predicted molar refractivity (Wildman–Crippen MR) is 96.5 cm³/mol. The number of amides is 1. The number of hydrogen-bond acceptors (Lipinski definition) is 4. The molecule has 2 aromatic carbocycles. The van der Waals surface area contributed by atoms with Crippen LogP contribution in [0.3, 0.4) is 0 Å². The molecule has 0 aromatic heterocycles. The average molecular weight is 409 g/mol. The first-order valence-corrected chi connectivity index (χ1v) is 9.04. The van der Waals surface area contributed by atoms with Crippen molar-refractivity contribution in [2.75, 3.05) is 5.75 Å². The van der Waals surface area contributed by atoms with E-state index in [9.17, 15) is 33.0 Å². The van der Waals surface area contributed by atoms with E-state index >= 15 is 0 Å². The van der Waals surface area contributed by atoms with Crippen LogP contribution >= 0.6 is 11.8 Å². The lowest BCUT2D eigenvalue weighted by atomic mass is 9.92. The zero-order valence-corrected chi connectivity index (χ0v) is 15.2. The smallest absolute Gasteiger partial charge is 0.334 e. The van der Waals surface area contributed by atoms with Gasteiger partial charge in [-0.15, -0.1) is 11.8 Å². The number of halogens is 3. The fourth-order valence-corrected chi connectivity index (χ4v) is 4.12. The molecule has 1 aliphatic rings. The highest BCUT2D eigenvalue weighted by atomic mass is 32.2. The number of phenols is 1. The predicted octanol–water partition coefficient (Wildman–Crippen LogP) is 3.67. The van der Waals surface area contributed by atoms with Crippen molar-refractivity contribution in [1.29, 1.82) is 0 Å². The highest BCUT2D eigenvalue weighted by Gasteiger charge is 2.35. The maximum atomic E-state index is 14.3. The summed E-state index contributed by atoms with van der Waals surface area (Å²) in [5.74, 6) is -7.65. The maximum Gasteiger partial charge on any atom is 0.334 e. The van der Waals surface area contributed by atoms with Crippen LogP contribution < -0.4 is 5.32 Å². The van der Waals surface area contributed by atoms with Crippen molar-refractivity contribution in [3.63, 3.8) is 0 Å². The standard InChI is InChI=1S/C19H14F3NO4S/c1-8-2-3-9(13(21)6-8)11-7-28-18(14(11)19(26)27)23-17(25)10-4-5-12(20)15(22)16(10)24/h2-6,11,24H,7H2,1H3,(H,23,25)(H,26,27). The van der Waals surface area contributed by atoms with Crippen molar-refractivity contribution in [3.05, 3.63) is 75.1 Å². The monoisotopic (exact) mass is 409 g/mol. The molecule has 0 saturated heterocycles. The minimum atomic E-state index is -1.58. The molecule has 1 aliphatic heterocycles. The number of carbonyl (C=O) groups is 2. The van der Waals surface area contributed by atoms with E-state index in [0.29, 0.717) is 11.6 Å². The average Bonchev–Trinajstić information content (AvgIpc) is 3.03. The zero-order chi connectivity index (χ0) is 20.6. The molecule has 2 aromatic rings. The Morgan fingerprint density at radius 1 is 1.14 bits per heavy atom. The maximum absolute atomic E-state index is 14.3. The Kier molecular flexibility index (Phi) is 5.37. The van der Waals surface area contributed by atoms with Gasteiger partial charge in [0.15, 0.2) is 11.6 Å². The van der Waals surface area contributed by atoms with Crippen LogP contribution in [0.2, 0.25) is 0 Å². The Labute approximate surface area is 161 Å². The van der Waals surface area contributed by atoms with Gasteiger partial charge in [-0.1, -0.05) is 12.1 Å². The second kappa shape index (κ2) is 7.59. The molecule has 3 rings (SSSR count). The van der Waals surface area contributed by atoms with Crippen molar-refractivity contribution < 1.29 is 33.0 Å². The molecule has 1 atom stereocenters. The molecule has 1 unspecified atom stereocenters. The molecule has 9 heteroatoms. The van der Waals surface area contributed by atoms with Gasteiger partial charge in [0.25, 0.3) is 5.91 Å². The Morgan fingerprint density at radius 2 is 1.86 bits per heavy atom. The van der Waals surface area contributed by atoms with Gasteiger partial charge in [-0.3, -0.25) is 4.79 Å². The van der Waals surface area contributed by atoms with Crippen LogP contribution in [0, 0.1) is 24.4 Å². The number of aryl methyl sites for hydroxylation is 1.